The Labute approximate surface area is 120 Å². The minimum atomic E-state index is -0.350. The Kier molecular flexibility index (Phi) is 5.41. The first-order chi connectivity index (χ1) is 9.65. The molecule has 1 aliphatic rings. The molecule has 0 spiro atoms. The number of aryl methyl sites for hydroxylation is 1. The van der Waals surface area contributed by atoms with Crippen molar-refractivity contribution in [3.8, 4) is 5.75 Å². The number of nitrogens with zero attached hydrogens (tertiary/aromatic N) is 1. The topological polar surface area (TPSA) is 49.8 Å². The first kappa shape index (κ1) is 14.9. The molecular weight excluding hydrogens is 254 g/mol. The number of ether oxygens (including phenoxy) is 1. The van der Waals surface area contributed by atoms with Gasteiger partial charge in [0.1, 0.15) is 5.75 Å². The fourth-order valence-electron chi connectivity index (χ4n) is 2.39. The zero-order valence-electron chi connectivity index (χ0n) is 12.0. The summed E-state index contributed by atoms with van der Waals surface area (Å²) < 4.78 is 5.60. The second-order valence-corrected chi connectivity index (χ2v) is 5.40. The van der Waals surface area contributed by atoms with Crippen molar-refractivity contribution in [2.45, 2.75) is 38.7 Å². The van der Waals surface area contributed by atoms with Crippen LogP contribution in [0.25, 0.3) is 0 Å². The fourth-order valence-corrected chi connectivity index (χ4v) is 2.39. The normalized spacial score (nSPS) is 18.9. The van der Waals surface area contributed by atoms with Gasteiger partial charge in [-0.05, 0) is 38.3 Å². The van der Waals surface area contributed by atoms with E-state index in [4.69, 9.17) is 4.74 Å². The van der Waals surface area contributed by atoms with Crippen LogP contribution < -0.4 is 4.74 Å². The van der Waals surface area contributed by atoms with Gasteiger partial charge < -0.3 is 14.7 Å². The molecule has 4 nitrogen and oxygen atoms in total. The molecular formula is C16H23NO3. The van der Waals surface area contributed by atoms with Gasteiger partial charge in [-0.15, -0.1) is 0 Å². The molecule has 1 aromatic rings. The number of rotatable bonds is 5. The van der Waals surface area contributed by atoms with E-state index in [1.807, 2.05) is 31.2 Å². The Morgan fingerprint density at radius 1 is 1.40 bits per heavy atom. The van der Waals surface area contributed by atoms with Crippen LogP contribution >= 0.6 is 0 Å². The van der Waals surface area contributed by atoms with E-state index in [0.29, 0.717) is 26.0 Å². The maximum absolute atomic E-state index is 12.0. The highest BCUT2D eigenvalue weighted by Crippen LogP contribution is 2.13. The number of likely N-dealkylation sites (tertiary alicyclic amines) is 1. The van der Waals surface area contributed by atoms with Crippen molar-refractivity contribution < 1.29 is 14.6 Å². The third kappa shape index (κ3) is 4.53. The van der Waals surface area contributed by atoms with Crippen LogP contribution in [0.2, 0.25) is 0 Å². The maximum Gasteiger partial charge on any atom is 0.222 e. The molecule has 1 amide bonds. The van der Waals surface area contributed by atoms with Crippen molar-refractivity contribution in [1.29, 1.82) is 0 Å². The molecule has 1 saturated heterocycles. The molecule has 0 bridgehead atoms. The smallest absolute Gasteiger partial charge is 0.222 e. The maximum atomic E-state index is 12.0. The second kappa shape index (κ2) is 7.29. The number of aliphatic hydroxyl groups excluding tert-OH is 1. The van der Waals surface area contributed by atoms with Crippen LogP contribution in [0.15, 0.2) is 24.3 Å². The van der Waals surface area contributed by atoms with Crippen LogP contribution in [0.4, 0.5) is 0 Å². The summed E-state index contributed by atoms with van der Waals surface area (Å²) in [7, 11) is 0. The molecule has 20 heavy (non-hydrogen) atoms. The summed E-state index contributed by atoms with van der Waals surface area (Å²) in [5, 5.41) is 9.55. The summed E-state index contributed by atoms with van der Waals surface area (Å²) in [4.78, 5) is 13.7. The molecule has 1 aromatic carbocycles. The first-order valence-corrected chi connectivity index (χ1v) is 7.30. The van der Waals surface area contributed by atoms with Gasteiger partial charge in [-0.1, -0.05) is 17.7 Å². The molecule has 1 atom stereocenters. The van der Waals surface area contributed by atoms with E-state index in [9.17, 15) is 9.90 Å². The highest BCUT2D eigenvalue weighted by atomic mass is 16.5. The fraction of sp³-hybridized carbons (Fsp3) is 0.562. The molecule has 1 unspecified atom stereocenters. The third-order valence-electron chi connectivity index (χ3n) is 3.57. The van der Waals surface area contributed by atoms with E-state index in [1.54, 1.807) is 4.90 Å². The van der Waals surface area contributed by atoms with Gasteiger partial charge in [-0.3, -0.25) is 4.79 Å². The van der Waals surface area contributed by atoms with Crippen molar-refractivity contribution in [2.75, 3.05) is 19.7 Å². The summed E-state index contributed by atoms with van der Waals surface area (Å²) in [6.45, 7) is 3.84. The van der Waals surface area contributed by atoms with E-state index >= 15 is 0 Å². The zero-order valence-corrected chi connectivity index (χ0v) is 12.0. The lowest BCUT2D eigenvalue weighted by molar-refractivity contribution is -0.134. The number of hydrogen-bond donors (Lipinski definition) is 1. The SMILES string of the molecule is Cc1ccc(OCCCC(=O)N2CCCC(O)C2)cc1. The van der Waals surface area contributed by atoms with Gasteiger partial charge in [0.15, 0.2) is 0 Å². The monoisotopic (exact) mass is 277 g/mol. The lowest BCUT2D eigenvalue weighted by Crippen LogP contribution is -2.42. The van der Waals surface area contributed by atoms with Crippen molar-refractivity contribution >= 4 is 5.91 Å². The van der Waals surface area contributed by atoms with E-state index in [1.165, 1.54) is 5.56 Å². The Bertz CT molecular complexity index is 430. The zero-order chi connectivity index (χ0) is 14.4. The number of carbonyl (C=O) groups excluding carboxylic acids is 1. The van der Waals surface area contributed by atoms with Crippen LogP contribution in [-0.4, -0.2) is 41.7 Å². The number of hydrogen-bond acceptors (Lipinski definition) is 3. The number of benzene rings is 1. The number of β-amino-alcohol motifs (C(OH)–C–C–N with tert-alkyl or cyclic N) is 1. The molecule has 1 heterocycles. The van der Waals surface area contributed by atoms with Gasteiger partial charge in [0.2, 0.25) is 5.91 Å². The van der Waals surface area contributed by atoms with Gasteiger partial charge in [0.05, 0.1) is 12.7 Å². The molecule has 4 heteroatoms. The number of piperidine rings is 1. The van der Waals surface area contributed by atoms with E-state index in [2.05, 4.69) is 0 Å². The average Bonchev–Trinajstić information content (AvgIpc) is 2.45. The Morgan fingerprint density at radius 2 is 2.15 bits per heavy atom. The molecule has 0 aromatic heterocycles. The average molecular weight is 277 g/mol. The van der Waals surface area contributed by atoms with Gasteiger partial charge >= 0.3 is 0 Å². The third-order valence-corrected chi connectivity index (χ3v) is 3.57. The summed E-state index contributed by atoms with van der Waals surface area (Å²) in [5.41, 5.74) is 1.20. The minimum Gasteiger partial charge on any atom is -0.494 e. The lowest BCUT2D eigenvalue weighted by atomic mass is 10.1. The molecule has 1 aliphatic heterocycles. The Balaban J connectivity index is 1.65. The van der Waals surface area contributed by atoms with Crippen LogP contribution in [0, 0.1) is 6.92 Å². The van der Waals surface area contributed by atoms with Crippen molar-refractivity contribution in [3.05, 3.63) is 29.8 Å². The molecule has 0 radical (unpaired) electrons. The number of amides is 1. The van der Waals surface area contributed by atoms with Gasteiger partial charge in [0, 0.05) is 19.5 Å². The van der Waals surface area contributed by atoms with E-state index < -0.39 is 0 Å². The first-order valence-electron chi connectivity index (χ1n) is 7.30. The van der Waals surface area contributed by atoms with Crippen LogP contribution in [0.3, 0.4) is 0 Å². The standard InChI is InChI=1S/C16H23NO3/c1-13-6-8-15(9-7-13)20-11-3-5-16(19)17-10-2-4-14(18)12-17/h6-9,14,18H,2-5,10-12H2,1H3. The van der Waals surface area contributed by atoms with Gasteiger partial charge in [-0.2, -0.15) is 0 Å². The Hall–Kier alpha value is -1.55. The van der Waals surface area contributed by atoms with Gasteiger partial charge in [0.25, 0.3) is 0 Å². The molecule has 2 rings (SSSR count). The second-order valence-electron chi connectivity index (χ2n) is 5.40. The molecule has 0 saturated carbocycles. The van der Waals surface area contributed by atoms with Gasteiger partial charge in [-0.25, -0.2) is 0 Å². The number of aliphatic hydroxyl groups is 1. The predicted octanol–water partition coefficient (Wildman–Crippen LogP) is 2.14. The quantitative estimate of drug-likeness (QED) is 0.839. The van der Waals surface area contributed by atoms with Crippen LogP contribution in [0.1, 0.15) is 31.2 Å². The van der Waals surface area contributed by atoms with E-state index in [-0.39, 0.29) is 12.0 Å². The molecule has 0 aliphatic carbocycles. The largest absolute Gasteiger partial charge is 0.494 e. The predicted molar refractivity (Wildman–Crippen MR) is 77.7 cm³/mol. The van der Waals surface area contributed by atoms with E-state index in [0.717, 1.165) is 25.1 Å². The summed E-state index contributed by atoms with van der Waals surface area (Å²) in [6, 6.07) is 7.90. The van der Waals surface area contributed by atoms with Crippen LogP contribution in [-0.2, 0) is 4.79 Å². The highest BCUT2D eigenvalue weighted by molar-refractivity contribution is 5.76. The molecule has 1 N–H and O–H groups in total. The van der Waals surface area contributed by atoms with Crippen molar-refractivity contribution in [1.82, 2.24) is 4.90 Å². The summed E-state index contributed by atoms with van der Waals surface area (Å²) in [5.74, 6) is 0.965. The minimum absolute atomic E-state index is 0.122. The molecule has 1 fully saturated rings. The molecule has 110 valence electrons. The Morgan fingerprint density at radius 3 is 2.85 bits per heavy atom. The highest BCUT2D eigenvalue weighted by Gasteiger charge is 2.21. The summed E-state index contributed by atoms with van der Waals surface area (Å²) in [6.07, 6.45) is 2.54. The van der Waals surface area contributed by atoms with Crippen LogP contribution in [0.5, 0.6) is 5.75 Å². The lowest BCUT2D eigenvalue weighted by Gasteiger charge is -2.30. The van der Waals surface area contributed by atoms with Crippen molar-refractivity contribution in [3.63, 3.8) is 0 Å². The number of carbonyl (C=O) groups is 1. The van der Waals surface area contributed by atoms with Crippen molar-refractivity contribution in [2.24, 2.45) is 0 Å². The summed E-state index contributed by atoms with van der Waals surface area (Å²) >= 11 is 0.